The molecular formula is C31H25Cl2N3O5S. The molecule has 1 N–H and O–H groups in total. The molecule has 0 radical (unpaired) electrons. The molecule has 0 spiro atoms. The van der Waals surface area contributed by atoms with E-state index < -0.39 is 17.9 Å². The van der Waals surface area contributed by atoms with Gasteiger partial charge in [0.05, 0.1) is 39.5 Å². The van der Waals surface area contributed by atoms with E-state index in [2.05, 4.69) is 5.32 Å². The number of nitrogens with zero attached hydrogens (tertiary/aromatic N) is 2. The van der Waals surface area contributed by atoms with Gasteiger partial charge in [-0.05, 0) is 42.7 Å². The topological polar surface area (TPSA) is 106 Å². The highest BCUT2D eigenvalue weighted by molar-refractivity contribution is 7.13. The lowest BCUT2D eigenvalue weighted by Gasteiger charge is -2.17. The first-order valence-corrected chi connectivity index (χ1v) is 14.7. The van der Waals surface area contributed by atoms with Crippen LogP contribution in [0, 0.1) is 0 Å². The number of rotatable bonds is 10. The predicted molar refractivity (Wildman–Crippen MR) is 161 cm³/mol. The van der Waals surface area contributed by atoms with Gasteiger partial charge in [0.15, 0.2) is 0 Å². The molecule has 8 nitrogen and oxygen atoms in total. The van der Waals surface area contributed by atoms with Crippen LogP contribution in [-0.2, 0) is 22.4 Å². The quantitative estimate of drug-likeness (QED) is 0.176. The summed E-state index contributed by atoms with van der Waals surface area (Å²) in [6, 6.07) is 18.2. The number of hydrogen-bond donors (Lipinski definition) is 1. The second-order valence-electron chi connectivity index (χ2n) is 9.60. The highest BCUT2D eigenvalue weighted by atomic mass is 35.5. The van der Waals surface area contributed by atoms with Crippen LogP contribution in [0.1, 0.15) is 48.8 Å². The van der Waals surface area contributed by atoms with Crippen LogP contribution in [0.25, 0.3) is 10.6 Å². The fourth-order valence-electron chi connectivity index (χ4n) is 4.71. The van der Waals surface area contributed by atoms with E-state index >= 15 is 0 Å². The number of benzene rings is 3. The molecule has 2 heterocycles. The van der Waals surface area contributed by atoms with Gasteiger partial charge in [-0.1, -0.05) is 65.7 Å². The zero-order valence-corrected chi connectivity index (χ0v) is 24.8. The van der Waals surface area contributed by atoms with E-state index in [-0.39, 0.29) is 33.8 Å². The van der Waals surface area contributed by atoms with Crippen molar-refractivity contribution in [3.63, 3.8) is 0 Å². The summed E-state index contributed by atoms with van der Waals surface area (Å²) in [6.45, 7) is 0.328. The van der Waals surface area contributed by atoms with E-state index in [1.165, 1.54) is 23.3 Å². The van der Waals surface area contributed by atoms with Crippen molar-refractivity contribution in [2.75, 3.05) is 13.7 Å². The van der Waals surface area contributed by atoms with E-state index in [0.29, 0.717) is 30.5 Å². The minimum Gasteiger partial charge on any atom is -0.467 e. The van der Waals surface area contributed by atoms with Crippen LogP contribution in [0.4, 0.5) is 0 Å². The number of esters is 1. The van der Waals surface area contributed by atoms with Crippen molar-refractivity contribution < 1.29 is 23.9 Å². The molecule has 3 aromatic carbocycles. The van der Waals surface area contributed by atoms with E-state index in [0.717, 1.165) is 21.8 Å². The minimum atomic E-state index is -0.950. The fourth-order valence-corrected chi connectivity index (χ4v) is 6.14. The van der Waals surface area contributed by atoms with Gasteiger partial charge in [-0.3, -0.25) is 19.3 Å². The Balaban J connectivity index is 1.19. The number of carbonyl (C=O) groups excluding carboxylic acids is 4. The Morgan fingerprint density at radius 2 is 1.60 bits per heavy atom. The van der Waals surface area contributed by atoms with Crippen molar-refractivity contribution in [2.24, 2.45) is 0 Å². The van der Waals surface area contributed by atoms with Crippen molar-refractivity contribution in [1.82, 2.24) is 15.2 Å². The summed E-state index contributed by atoms with van der Waals surface area (Å²) in [4.78, 5) is 56.5. The number of carbonyl (C=O) groups is 4. The summed E-state index contributed by atoms with van der Waals surface area (Å²) in [5.41, 5.74) is 3.57. The first-order chi connectivity index (χ1) is 20.3. The number of aromatic nitrogens is 1. The SMILES string of the molecule is COC(=O)[C@H](Cc1ccc(-c2nc(CCCN3C(=O)c4ccccc4C3=O)cs2)cc1)NC(=O)c1c(Cl)cccc1Cl. The monoisotopic (exact) mass is 621 g/mol. The lowest BCUT2D eigenvalue weighted by molar-refractivity contribution is -0.142. The van der Waals surface area contributed by atoms with Gasteiger partial charge in [-0.15, -0.1) is 11.3 Å². The number of imide groups is 1. The lowest BCUT2D eigenvalue weighted by Crippen LogP contribution is -2.43. The zero-order chi connectivity index (χ0) is 29.8. The molecule has 5 rings (SSSR count). The van der Waals surface area contributed by atoms with Gasteiger partial charge in [-0.2, -0.15) is 0 Å². The summed E-state index contributed by atoms with van der Waals surface area (Å²) < 4.78 is 4.90. The Morgan fingerprint density at radius 1 is 0.952 bits per heavy atom. The van der Waals surface area contributed by atoms with Crippen LogP contribution < -0.4 is 5.32 Å². The van der Waals surface area contributed by atoms with Gasteiger partial charge in [0.25, 0.3) is 17.7 Å². The molecule has 0 saturated carbocycles. The summed E-state index contributed by atoms with van der Waals surface area (Å²) in [5, 5.41) is 5.83. The molecule has 0 bridgehead atoms. The van der Waals surface area contributed by atoms with E-state index in [1.54, 1.807) is 42.5 Å². The molecule has 1 aliphatic heterocycles. The third kappa shape index (κ3) is 6.23. The number of halogens is 2. The average molecular weight is 623 g/mol. The molecule has 0 saturated heterocycles. The smallest absolute Gasteiger partial charge is 0.328 e. The van der Waals surface area contributed by atoms with Gasteiger partial charge < -0.3 is 10.1 Å². The first-order valence-electron chi connectivity index (χ1n) is 13.1. The van der Waals surface area contributed by atoms with Crippen molar-refractivity contribution in [3.8, 4) is 10.6 Å². The summed E-state index contributed by atoms with van der Waals surface area (Å²) >= 11 is 13.8. The molecule has 1 aliphatic rings. The van der Waals surface area contributed by atoms with Crippen LogP contribution in [0.5, 0.6) is 0 Å². The molecule has 3 amide bonds. The zero-order valence-electron chi connectivity index (χ0n) is 22.4. The largest absolute Gasteiger partial charge is 0.467 e. The Labute approximate surface area is 256 Å². The Morgan fingerprint density at radius 3 is 2.21 bits per heavy atom. The highest BCUT2D eigenvalue weighted by Crippen LogP contribution is 2.27. The van der Waals surface area contributed by atoms with Gasteiger partial charge in [0, 0.05) is 23.9 Å². The maximum absolute atomic E-state index is 12.9. The average Bonchev–Trinajstić information content (AvgIpc) is 3.55. The number of ether oxygens (including phenoxy) is 1. The fraction of sp³-hybridized carbons (Fsp3) is 0.194. The van der Waals surface area contributed by atoms with Crippen molar-refractivity contribution in [3.05, 3.63) is 110 Å². The molecule has 4 aromatic rings. The van der Waals surface area contributed by atoms with E-state index in [1.807, 2.05) is 29.6 Å². The summed E-state index contributed by atoms with van der Waals surface area (Å²) in [5.74, 6) is -1.68. The van der Waals surface area contributed by atoms with Gasteiger partial charge >= 0.3 is 5.97 Å². The van der Waals surface area contributed by atoms with Gasteiger partial charge in [-0.25, -0.2) is 9.78 Å². The third-order valence-electron chi connectivity index (χ3n) is 6.87. The van der Waals surface area contributed by atoms with E-state index in [9.17, 15) is 19.2 Å². The normalized spacial score (nSPS) is 13.2. The Kier molecular flexibility index (Phi) is 9.01. The summed E-state index contributed by atoms with van der Waals surface area (Å²) in [7, 11) is 1.26. The van der Waals surface area contributed by atoms with Crippen molar-refractivity contribution in [2.45, 2.75) is 25.3 Å². The molecule has 11 heteroatoms. The molecule has 42 heavy (non-hydrogen) atoms. The van der Waals surface area contributed by atoms with Crippen molar-refractivity contribution in [1.29, 1.82) is 0 Å². The number of aryl methyl sites for hydroxylation is 1. The predicted octanol–water partition coefficient (Wildman–Crippen LogP) is 5.86. The first kappa shape index (κ1) is 29.4. The highest BCUT2D eigenvalue weighted by Gasteiger charge is 2.34. The third-order valence-corrected chi connectivity index (χ3v) is 8.44. The number of nitrogens with one attached hydrogen (secondary N) is 1. The maximum atomic E-state index is 12.9. The molecule has 1 aromatic heterocycles. The standard InChI is InChI=1S/C31H25Cl2N3O5S/c1-41-31(40)25(35-27(37)26-23(32)9-4-10-24(26)33)16-18-11-13-19(14-12-18)28-34-20(17-42-28)6-5-15-36-29(38)21-7-2-3-8-22(21)30(36)39/h2-4,7-14,17,25H,5-6,15-16H2,1H3,(H,35,37)/t25-/m0/s1. The minimum absolute atomic E-state index is 0.0911. The van der Waals surface area contributed by atoms with Crippen LogP contribution >= 0.6 is 34.5 Å². The van der Waals surface area contributed by atoms with E-state index in [4.69, 9.17) is 32.9 Å². The molecule has 0 aliphatic carbocycles. The Hall–Kier alpha value is -4.05. The second-order valence-corrected chi connectivity index (χ2v) is 11.3. The lowest BCUT2D eigenvalue weighted by atomic mass is 10.0. The molecule has 1 atom stereocenters. The Bertz CT molecular complexity index is 1620. The maximum Gasteiger partial charge on any atom is 0.328 e. The molecule has 0 unspecified atom stereocenters. The van der Waals surface area contributed by atoms with Crippen LogP contribution in [0.3, 0.4) is 0 Å². The van der Waals surface area contributed by atoms with Crippen LogP contribution in [0.15, 0.2) is 72.1 Å². The molecule has 0 fully saturated rings. The van der Waals surface area contributed by atoms with Gasteiger partial charge in [0.2, 0.25) is 0 Å². The van der Waals surface area contributed by atoms with Crippen LogP contribution in [0.2, 0.25) is 10.0 Å². The summed E-state index contributed by atoms with van der Waals surface area (Å²) in [6.07, 6.45) is 1.42. The second kappa shape index (κ2) is 12.9. The van der Waals surface area contributed by atoms with Crippen LogP contribution in [-0.4, -0.2) is 53.3 Å². The number of methoxy groups -OCH3 is 1. The number of fused-ring (bicyclic) bond motifs is 1. The number of hydrogen-bond acceptors (Lipinski definition) is 7. The molecule has 214 valence electrons. The number of thiazole rings is 1. The number of amides is 3. The van der Waals surface area contributed by atoms with Crippen molar-refractivity contribution >= 4 is 58.2 Å². The van der Waals surface area contributed by atoms with Gasteiger partial charge in [0.1, 0.15) is 11.0 Å². The molecular weight excluding hydrogens is 597 g/mol.